The Labute approximate surface area is 110 Å². The van der Waals surface area contributed by atoms with E-state index < -0.39 is 0 Å². The minimum absolute atomic E-state index is 0.0542. The monoisotopic (exact) mass is 254 g/mol. The minimum atomic E-state index is -0.0542. The smallest absolute Gasteiger partial charge is 0.237 e. The van der Waals surface area contributed by atoms with Crippen molar-refractivity contribution < 1.29 is 9.53 Å². The lowest BCUT2D eigenvalue weighted by molar-refractivity contribution is -0.122. The van der Waals surface area contributed by atoms with Crippen molar-refractivity contribution in [3.8, 4) is 0 Å². The van der Waals surface area contributed by atoms with Gasteiger partial charge < -0.3 is 15.4 Å². The van der Waals surface area contributed by atoms with Gasteiger partial charge in [-0.25, -0.2) is 0 Å². The zero-order valence-corrected chi connectivity index (χ0v) is 11.4. The van der Waals surface area contributed by atoms with Crippen molar-refractivity contribution in [2.45, 2.75) is 57.1 Å². The van der Waals surface area contributed by atoms with E-state index in [1.807, 2.05) is 0 Å². The Kier molecular flexibility index (Phi) is 5.45. The maximum absolute atomic E-state index is 11.9. The van der Waals surface area contributed by atoms with Gasteiger partial charge in [-0.15, -0.1) is 0 Å². The number of carbonyl (C=O) groups excluding carboxylic acids is 1. The number of rotatable bonds is 6. The van der Waals surface area contributed by atoms with Crippen LogP contribution in [0.15, 0.2) is 0 Å². The second-order valence-corrected chi connectivity index (χ2v) is 5.64. The van der Waals surface area contributed by atoms with Gasteiger partial charge in [-0.2, -0.15) is 0 Å². The molecular formula is C14H26N2O2. The van der Waals surface area contributed by atoms with E-state index in [-0.39, 0.29) is 18.1 Å². The van der Waals surface area contributed by atoms with Gasteiger partial charge in [0.2, 0.25) is 5.91 Å². The Morgan fingerprint density at radius 1 is 1.39 bits per heavy atom. The lowest BCUT2D eigenvalue weighted by Gasteiger charge is -2.12. The van der Waals surface area contributed by atoms with E-state index in [0.29, 0.717) is 0 Å². The maximum Gasteiger partial charge on any atom is 0.237 e. The molecule has 0 aromatic carbocycles. The van der Waals surface area contributed by atoms with E-state index >= 15 is 0 Å². The van der Waals surface area contributed by atoms with Crippen LogP contribution in [-0.4, -0.2) is 38.3 Å². The van der Waals surface area contributed by atoms with Crippen molar-refractivity contribution in [2.24, 2.45) is 5.92 Å². The quantitative estimate of drug-likeness (QED) is 0.705. The Hall–Kier alpha value is -0.610. The van der Waals surface area contributed by atoms with Crippen LogP contribution in [0.1, 0.15) is 44.9 Å². The van der Waals surface area contributed by atoms with Crippen LogP contribution in [-0.2, 0) is 9.53 Å². The molecule has 104 valence electrons. The molecular weight excluding hydrogens is 228 g/mol. The summed E-state index contributed by atoms with van der Waals surface area (Å²) in [6.07, 6.45) is 8.99. The first kappa shape index (κ1) is 13.8. The molecule has 4 heteroatoms. The van der Waals surface area contributed by atoms with Gasteiger partial charge in [-0.05, 0) is 25.2 Å². The summed E-state index contributed by atoms with van der Waals surface area (Å²) in [6, 6.07) is -0.0542. The highest BCUT2D eigenvalue weighted by Gasteiger charge is 2.28. The van der Waals surface area contributed by atoms with Crippen LogP contribution in [0.3, 0.4) is 0 Å². The van der Waals surface area contributed by atoms with Crippen molar-refractivity contribution >= 4 is 5.91 Å². The summed E-state index contributed by atoms with van der Waals surface area (Å²) in [7, 11) is 1.70. The molecule has 0 radical (unpaired) electrons. The van der Waals surface area contributed by atoms with Gasteiger partial charge in [-0.3, -0.25) is 4.79 Å². The van der Waals surface area contributed by atoms with Crippen molar-refractivity contribution in [2.75, 3.05) is 20.2 Å². The van der Waals surface area contributed by atoms with Crippen LogP contribution in [0.5, 0.6) is 0 Å². The zero-order valence-electron chi connectivity index (χ0n) is 11.4. The van der Waals surface area contributed by atoms with Gasteiger partial charge in [0.1, 0.15) is 0 Å². The average molecular weight is 254 g/mol. The molecule has 2 rings (SSSR count). The summed E-state index contributed by atoms with van der Waals surface area (Å²) >= 11 is 0. The third kappa shape index (κ3) is 3.95. The van der Waals surface area contributed by atoms with E-state index in [2.05, 4.69) is 10.6 Å². The predicted octanol–water partition coefficient (Wildman–Crippen LogP) is 1.45. The zero-order chi connectivity index (χ0) is 12.8. The Balaban J connectivity index is 1.54. The van der Waals surface area contributed by atoms with Gasteiger partial charge in [-0.1, -0.05) is 25.7 Å². The van der Waals surface area contributed by atoms with Crippen LogP contribution >= 0.6 is 0 Å². The number of ether oxygens (including phenoxy) is 1. The molecule has 18 heavy (non-hydrogen) atoms. The fourth-order valence-corrected chi connectivity index (χ4v) is 3.11. The van der Waals surface area contributed by atoms with E-state index in [4.69, 9.17) is 4.74 Å². The predicted molar refractivity (Wildman–Crippen MR) is 71.4 cm³/mol. The molecule has 2 aliphatic rings. The number of carbonyl (C=O) groups is 1. The lowest BCUT2D eigenvalue weighted by Crippen LogP contribution is -2.40. The van der Waals surface area contributed by atoms with E-state index in [1.165, 1.54) is 32.1 Å². The lowest BCUT2D eigenvalue weighted by atomic mass is 10.0. The van der Waals surface area contributed by atoms with Crippen molar-refractivity contribution in [1.29, 1.82) is 0 Å². The highest BCUT2D eigenvalue weighted by Crippen LogP contribution is 2.28. The molecule has 2 atom stereocenters. The normalized spacial score (nSPS) is 28.7. The highest BCUT2D eigenvalue weighted by atomic mass is 16.5. The average Bonchev–Trinajstić information content (AvgIpc) is 3.05. The van der Waals surface area contributed by atoms with E-state index in [9.17, 15) is 4.79 Å². The van der Waals surface area contributed by atoms with Crippen LogP contribution in [0.4, 0.5) is 0 Å². The second-order valence-electron chi connectivity index (χ2n) is 5.64. The van der Waals surface area contributed by atoms with Crippen molar-refractivity contribution in [3.05, 3.63) is 0 Å². The summed E-state index contributed by atoms with van der Waals surface area (Å²) < 4.78 is 5.24. The molecule has 1 heterocycles. The maximum atomic E-state index is 11.9. The first-order valence-electron chi connectivity index (χ1n) is 7.33. The third-order valence-electron chi connectivity index (χ3n) is 4.30. The molecule has 0 aromatic rings. The molecule has 1 saturated heterocycles. The molecule has 2 unspecified atom stereocenters. The molecule has 2 N–H and O–H groups in total. The number of nitrogens with one attached hydrogen (secondary N) is 2. The molecule has 0 spiro atoms. The van der Waals surface area contributed by atoms with Crippen LogP contribution in [0.25, 0.3) is 0 Å². The highest BCUT2D eigenvalue weighted by molar-refractivity contribution is 5.82. The molecule has 2 fully saturated rings. The summed E-state index contributed by atoms with van der Waals surface area (Å²) in [6.45, 7) is 1.61. The van der Waals surface area contributed by atoms with Crippen molar-refractivity contribution in [3.63, 3.8) is 0 Å². The third-order valence-corrected chi connectivity index (χ3v) is 4.30. The molecule has 1 amide bonds. The Morgan fingerprint density at radius 3 is 2.83 bits per heavy atom. The van der Waals surface area contributed by atoms with E-state index in [0.717, 1.165) is 31.8 Å². The van der Waals surface area contributed by atoms with Gasteiger partial charge in [0.05, 0.1) is 12.1 Å². The second kappa shape index (κ2) is 7.10. The standard InChI is InChI=1S/C14H26N2O2/c1-18-12-9-13(16-10-12)14(17)15-8-4-7-11-5-2-3-6-11/h11-13,16H,2-10H2,1H3,(H,15,17). The minimum Gasteiger partial charge on any atom is -0.380 e. The first-order valence-corrected chi connectivity index (χ1v) is 7.33. The molecule has 0 aromatic heterocycles. The fraction of sp³-hybridized carbons (Fsp3) is 0.929. The van der Waals surface area contributed by atoms with Gasteiger partial charge >= 0.3 is 0 Å². The summed E-state index contributed by atoms with van der Waals surface area (Å²) in [5.41, 5.74) is 0. The number of amides is 1. The summed E-state index contributed by atoms with van der Waals surface area (Å²) in [5.74, 6) is 1.06. The van der Waals surface area contributed by atoms with Crippen molar-refractivity contribution in [1.82, 2.24) is 10.6 Å². The van der Waals surface area contributed by atoms with Gasteiger partial charge in [0, 0.05) is 20.2 Å². The van der Waals surface area contributed by atoms with Crippen LogP contribution in [0.2, 0.25) is 0 Å². The SMILES string of the molecule is COC1CNC(C(=O)NCCCC2CCCC2)C1. The summed E-state index contributed by atoms with van der Waals surface area (Å²) in [5, 5.41) is 6.24. The Bertz CT molecular complexity index is 265. The van der Waals surface area contributed by atoms with Gasteiger partial charge in [0.25, 0.3) is 0 Å². The van der Waals surface area contributed by atoms with Gasteiger partial charge in [0.15, 0.2) is 0 Å². The fourth-order valence-electron chi connectivity index (χ4n) is 3.11. The molecule has 4 nitrogen and oxygen atoms in total. The number of hydrogen-bond acceptors (Lipinski definition) is 3. The number of methoxy groups -OCH3 is 1. The van der Waals surface area contributed by atoms with E-state index in [1.54, 1.807) is 7.11 Å². The number of hydrogen-bond donors (Lipinski definition) is 2. The molecule has 1 saturated carbocycles. The van der Waals surface area contributed by atoms with Crippen LogP contribution < -0.4 is 10.6 Å². The molecule has 1 aliphatic carbocycles. The van der Waals surface area contributed by atoms with Crippen LogP contribution in [0, 0.1) is 5.92 Å². The largest absolute Gasteiger partial charge is 0.380 e. The molecule has 0 bridgehead atoms. The summed E-state index contributed by atoms with van der Waals surface area (Å²) in [4.78, 5) is 11.9. The molecule has 1 aliphatic heterocycles. The topological polar surface area (TPSA) is 50.4 Å². The Morgan fingerprint density at radius 2 is 2.17 bits per heavy atom. The first-order chi connectivity index (χ1) is 8.79.